The number of H-pyrrole nitrogens is 1. The molecule has 0 radical (unpaired) electrons. The van der Waals surface area contributed by atoms with Gasteiger partial charge in [0.15, 0.2) is 0 Å². The average molecular weight is 397 g/mol. The Kier molecular flexibility index (Phi) is 5.78. The molecule has 2 saturated heterocycles. The van der Waals surface area contributed by atoms with Crippen LogP contribution in [0.15, 0.2) is 47.3 Å². The van der Waals surface area contributed by atoms with Crippen LogP contribution in [0.3, 0.4) is 0 Å². The maximum Gasteiger partial charge on any atom is 0.264 e. The molecule has 7 heteroatoms. The molecule has 2 aromatic rings. The number of hydrogen-bond donors (Lipinski definition) is 2. The van der Waals surface area contributed by atoms with E-state index >= 15 is 0 Å². The quantitative estimate of drug-likeness (QED) is 0.823. The molecule has 1 amide bonds. The molecular formula is C22H27N3O4. The van der Waals surface area contributed by atoms with Gasteiger partial charge in [0.25, 0.3) is 5.56 Å². The monoisotopic (exact) mass is 397 g/mol. The number of piperidine rings is 1. The van der Waals surface area contributed by atoms with E-state index in [0.29, 0.717) is 44.5 Å². The van der Waals surface area contributed by atoms with E-state index in [-0.39, 0.29) is 29.3 Å². The first kappa shape index (κ1) is 19.8. The lowest BCUT2D eigenvalue weighted by atomic mass is 9.81. The number of nitrogens with one attached hydrogen (secondary N) is 1. The van der Waals surface area contributed by atoms with Gasteiger partial charge in [-0.1, -0.05) is 30.3 Å². The van der Waals surface area contributed by atoms with Crippen molar-refractivity contribution in [3.8, 4) is 0 Å². The van der Waals surface area contributed by atoms with Crippen LogP contribution in [0.2, 0.25) is 0 Å². The highest BCUT2D eigenvalue weighted by atomic mass is 16.5. The number of benzene rings is 1. The summed E-state index contributed by atoms with van der Waals surface area (Å²) in [6.45, 7) is 1.26. The molecule has 2 fully saturated rings. The normalized spacial score (nSPS) is 23.8. The summed E-state index contributed by atoms with van der Waals surface area (Å²) in [7, 11) is 0. The number of aromatic amines is 1. The Hall–Kier alpha value is -2.51. The van der Waals surface area contributed by atoms with Crippen molar-refractivity contribution in [1.82, 2.24) is 15.1 Å². The van der Waals surface area contributed by atoms with Crippen LogP contribution < -0.4 is 5.56 Å². The Morgan fingerprint density at radius 3 is 2.66 bits per heavy atom. The van der Waals surface area contributed by atoms with E-state index < -0.39 is 0 Å². The molecule has 2 aliphatic heterocycles. The van der Waals surface area contributed by atoms with Crippen molar-refractivity contribution < 1.29 is 14.6 Å². The minimum atomic E-state index is -0.387. The number of aliphatic hydroxyl groups excluding tert-OH is 1. The third kappa shape index (κ3) is 4.74. The number of carbonyl (C=O) groups excluding carboxylic acids is 1. The fraction of sp³-hybridized carbons (Fsp3) is 0.500. The van der Waals surface area contributed by atoms with Gasteiger partial charge in [0.05, 0.1) is 23.5 Å². The maximum absolute atomic E-state index is 12.6. The Morgan fingerprint density at radius 2 is 1.97 bits per heavy atom. The second-order valence-electron chi connectivity index (χ2n) is 8.09. The minimum Gasteiger partial charge on any atom is -0.393 e. The first-order valence-corrected chi connectivity index (χ1v) is 10.3. The number of nitrogens with zero attached hydrogens (tertiary/aromatic N) is 2. The molecule has 0 aliphatic carbocycles. The molecule has 2 aliphatic rings. The second kappa shape index (κ2) is 8.47. The zero-order valence-corrected chi connectivity index (χ0v) is 16.4. The standard InChI is InChI=1S/C22H27N3O4/c26-18-14-19(16-4-2-1-3-5-16)29-22(15-18)10-12-25(13-11-22)21(28)9-7-17-6-8-20(27)24-23-17/h1-6,8,18-19,26H,7,9-15H2,(H,24,27)/t18-,19+/m0/s1. The fourth-order valence-electron chi connectivity index (χ4n) is 4.42. The van der Waals surface area contributed by atoms with Crippen LogP contribution in [0.1, 0.15) is 49.5 Å². The molecule has 3 heterocycles. The van der Waals surface area contributed by atoms with E-state index in [2.05, 4.69) is 10.2 Å². The first-order valence-electron chi connectivity index (χ1n) is 10.3. The highest BCUT2D eigenvalue weighted by molar-refractivity contribution is 5.76. The van der Waals surface area contributed by atoms with Crippen molar-refractivity contribution >= 4 is 5.91 Å². The molecular weight excluding hydrogens is 370 g/mol. The number of likely N-dealkylation sites (tertiary alicyclic amines) is 1. The molecule has 1 aromatic heterocycles. The summed E-state index contributed by atoms with van der Waals surface area (Å²) in [5, 5.41) is 16.8. The Labute approximate surface area is 169 Å². The summed E-state index contributed by atoms with van der Waals surface area (Å²) in [4.78, 5) is 25.5. The largest absolute Gasteiger partial charge is 0.393 e. The number of hydrogen-bond acceptors (Lipinski definition) is 5. The zero-order chi connectivity index (χ0) is 20.3. The van der Waals surface area contributed by atoms with Crippen LogP contribution in [0.5, 0.6) is 0 Å². The molecule has 7 nitrogen and oxygen atoms in total. The SMILES string of the molecule is O=C(CCc1ccc(=O)[nH]n1)N1CCC2(CC1)C[C@@H](O)C[C@H](c1ccccc1)O2. The summed E-state index contributed by atoms with van der Waals surface area (Å²) in [6.07, 6.45) is 3.08. The van der Waals surface area contributed by atoms with E-state index in [1.807, 2.05) is 35.2 Å². The average Bonchev–Trinajstić information content (AvgIpc) is 2.74. The van der Waals surface area contributed by atoms with Gasteiger partial charge in [-0.3, -0.25) is 9.59 Å². The molecule has 154 valence electrons. The summed E-state index contributed by atoms with van der Waals surface area (Å²) >= 11 is 0. The Balaban J connectivity index is 1.33. The number of carbonyl (C=O) groups is 1. The molecule has 2 atom stereocenters. The van der Waals surface area contributed by atoms with Gasteiger partial charge in [0.1, 0.15) is 0 Å². The van der Waals surface area contributed by atoms with E-state index in [9.17, 15) is 14.7 Å². The molecule has 29 heavy (non-hydrogen) atoms. The number of rotatable bonds is 4. The van der Waals surface area contributed by atoms with E-state index in [1.165, 1.54) is 6.07 Å². The van der Waals surface area contributed by atoms with Crippen molar-refractivity contribution in [2.75, 3.05) is 13.1 Å². The van der Waals surface area contributed by atoms with Crippen LogP contribution in [-0.4, -0.2) is 50.9 Å². The van der Waals surface area contributed by atoms with Gasteiger partial charge in [-0.05, 0) is 24.5 Å². The van der Waals surface area contributed by atoms with Gasteiger partial charge in [0, 0.05) is 44.8 Å². The lowest BCUT2D eigenvalue weighted by Crippen LogP contribution is -2.52. The third-order valence-electron chi connectivity index (χ3n) is 6.02. The molecule has 1 aromatic carbocycles. The fourth-order valence-corrected chi connectivity index (χ4v) is 4.42. The number of aromatic nitrogens is 2. The van der Waals surface area contributed by atoms with E-state index in [4.69, 9.17) is 4.74 Å². The Morgan fingerprint density at radius 1 is 1.21 bits per heavy atom. The van der Waals surface area contributed by atoms with Crippen molar-refractivity contribution in [1.29, 1.82) is 0 Å². The van der Waals surface area contributed by atoms with Crippen molar-refractivity contribution in [2.24, 2.45) is 0 Å². The van der Waals surface area contributed by atoms with Crippen LogP contribution in [0, 0.1) is 0 Å². The molecule has 0 saturated carbocycles. The predicted octanol–water partition coefficient (Wildman–Crippen LogP) is 1.98. The maximum atomic E-state index is 12.6. The summed E-state index contributed by atoms with van der Waals surface area (Å²) < 4.78 is 6.50. The predicted molar refractivity (Wildman–Crippen MR) is 107 cm³/mol. The van der Waals surface area contributed by atoms with E-state index in [0.717, 1.165) is 18.4 Å². The van der Waals surface area contributed by atoms with Gasteiger partial charge < -0.3 is 14.7 Å². The van der Waals surface area contributed by atoms with Crippen LogP contribution in [0.25, 0.3) is 0 Å². The van der Waals surface area contributed by atoms with Gasteiger partial charge in [0.2, 0.25) is 5.91 Å². The molecule has 0 bridgehead atoms. The smallest absolute Gasteiger partial charge is 0.264 e. The number of aryl methyl sites for hydroxylation is 1. The third-order valence-corrected chi connectivity index (χ3v) is 6.02. The Bertz CT molecular complexity index is 870. The highest BCUT2D eigenvalue weighted by Crippen LogP contribution is 2.42. The molecule has 0 unspecified atom stereocenters. The molecule has 1 spiro atoms. The van der Waals surface area contributed by atoms with Crippen LogP contribution >= 0.6 is 0 Å². The lowest BCUT2D eigenvalue weighted by molar-refractivity contribution is -0.185. The van der Waals surface area contributed by atoms with Crippen molar-refractivity contribution in [3.05, 3.63) is 64.1 Å². The lowest BCUT2D eigenvalue weighted by Gasteiger charge is -2.48. The topological polar surface area (TPSA) is 95.5 Å². The van der Waals surface area contributed by atoms with Gasteiger partial charge >= 0.3 is 0 Å². The van der Waals surface area contributed by atoms with Crippen molar-refractivity contribution in [2.45, 2.75) is 56.3 Å². The summed E-state index contributed by atoms with van der Waals surface area (Å²) in [5.74, 6) is 0.0869. The van der Waals surface area contributed by atoms with Gasteiger partial charge in [-0.25, -0.2) is 5.10 Å². The van der Waals surface area contributed by atoms with Gasteiger partial charge in [-0.15, -0.1) is 0 Å². The number of ether oxygens (including phenoxy) is 1. The van der Waals surface area contributed by atoms with Crippen LogP contribution in [-0.2, 0) is 16.0 Å². The second-order valence-corrected chi connectivity index (χ2v) is 8.09. The summed E-state index contributed by atoms with van der Waals surface area (Å²) in [6, 6.07) is 13.1. The molecule has 4 rings (SSSR count). The molecule has 2 N–H and O–H groups in total. The number of aliphatic hydroxyl groups is 1. The summed E-state index contributed by atoms with van der Waals surface area (Å²) in [5.41, 5.74) is 1.19. The number of amides is 1. The van der Waals surface area contributed by atoms with Gasteiger partial charge in [-0.2, -0.15) is 5.10 Å². The zero-order valence-electron chi connectivity index (χ0n) is 16.4. The van der Waals surface area contributed by atoms with E-state index in [1.54, 1.807) is 6.07 Å². The van der Waals surface area contributed by atoms with Crippen molar-refractivity contribution in [3.63, 3.8) is 0 Å². The van der Waals surface area contributed by atoms with Crippen LogP contribution in [0.4, 0.5) is 0 Å². The first-order chi connectivity index (χ1) is 14.0. The minimum absolute atomic E-state index is 0.0869. The highest BCUT2D eigenvalue weighted by Gasteiger charge is 2.44.